The second-order valence-corrected chi connectivity index (χ2v) is 4.16. The van der Waals surface area contributed by atoms with Gasteiger partial charge in [-0.15, -0.1) is 6.58 Å². The van der Waals surface area contributed by atoms with Crippen LogP contribution in [0.25, 0.3) is 0 Å². The summed E-state index contributed by atoms with van der Waals surface area (Å²) in [7, 11) is 0. The Kier molecular flexibility index (Phi) is 6.41. The second-order valence-electron chi connectivity index (χ2n) is 4.16. The standard InChI is InChI=1S/C11H20N2O3/c1-4-5-8(12)10(14)13-9(11(15)16)6-7(2)3/h4,7-9H,1,5-6,12H2,2-3H3,(H,13,14)(H,15,16). The van der Waals surface area contributed by atoms with E-state index in [1.165, 1.54) is 6.08 Å². The summed E-state index contributed by atoms with van der Waals surface area (Å²) in [6.07, 6.45) is 2.25. The van der Waals surface area contributed by atoms with Crippen molar-refractivity contribution >= 4 is 11.9 Å². The van der Waals surface area contributed by atoms with Gasteiger partial charge in [0.05, 0.1) is 6.04 Å². The zero-order valence-corrected chi connectivity index (χ0v) is 9.77. The van der Waals surface area contributed by atoms with Crippen LogP contribution in [0.2, 0.25) is 0 Å². The van der Waals surface area contributed by atoms with Crippen molar-refractivity contribution in [1.82, 2.24) is 5.32 Å². The summed E-state index contributed by atoms with van der Waals surface area (Å²) in [5.41, 5.74) is 5.53. The molecule has 16 heavy (non-hydrogen) atoms. The highest BCUT2D eigenvalue weighted by Crippen LogP contribution is 2.05. The fourth-order valence-corrected chi connectivity index (χ4v) is 1.26. The number of carbonyl (C=O) groups excluding carboxylic acids is 1. The first kappa shape index (κ1) is 14.6. The number of carbonyl (C=O) groups is 2. The van der Waals surface area contributed by atoms with E-state index >= 15 is 0 Å². The van der Waals surface area contributed by atoms with Crippen LogP contribution in [-0.2, 0) is 9.59 Å². The minimum atomic E-state index is -1.03. The van der Waals surface area contributed by atoms with Crippen molar-refractivity contribution in [2.75, 3.05) is 0 Å². The largest absolute Gasteiger partial charge is 0.480 e. The number of aliphatic carboxylic acids is 1. The third kappa shape index (κ3) is 5.50. The van der Waals surface area contributed by atoms with Crippen LogP contribution in [0.3, 0.4) is 0 Å². The van der Waals surface area contributed by atoms with Crippen molar-refractivity contribution < 1.29 is 14.7 Å². The molecule has 4 N–H and O–H groups in total. The zero-order chi connectivity index (χ0) is 12.7. The van der Waals surface area contributed by atoms with Crippen molar-refractivity contribution in [2.45, 2.75) is 38.8 Å². The van der Waals surface area contributed by atoms with Crippen LogP contribution in [0.1, 0.15) is 26.7 Å². The lowest BCUT2D eigenvalue weighted by molar-refractivity contribution is -0.142. The minimum Gasteiger partial charge on any atom is -0.480 e. The average Bonchev–Trinajstić information content (AvgIpc) is 2.16. The molecule has 1 amide bonds. The third-order valence-corrected chi connectivity index (χ3v) is 2.08. The maximum Gasteiger partial charge on any atom is 0.326 e. The van der Waals surface area contributed by atoms with Gasteiger partial charge in [0.25, 0.3) is 0 Å². The van der Waals surface area contributed by atoms with Crippen molar-refractivity contribution in [3.63, 3.8) is 0 Å². The summed E-state index contributed by atoms with van der Waals surface area (Å²) in [4.78, 5) is 22.4. The van der Waals surface area contributed by atoms with Gasteiger partial charge in [0, 0.05) is 0 Å². The van der Waals surface area contributed by atoms with Gasteiger partial charge in [-0.05, 0) is 18.8 Å². The Labute approximate surface area is 95.7 Å². The fourth-order valence-electron chi connectivity index (χ4n) is 1.26. The summed E-state index contributed by atoms with van der Waals surface area (Å²) in [5, 5.41) is 11.3. The molecule has 0 rings (SSSR count). The molecule has 0 aliphatic carbocycles. The van der Waals surface area contributed by atoms with E-state index in [2.05, 4.69) is 11.9 Å². The van der Waals surface area contributed by atoms with Crippen LogP contribution >= 0.6 is 0 Å². The molecule has 0 aromatic heterocycles. The van der Waals surface area contributed by atoms with Gasteiger partial charge in [0.1, 0.15) is 6.04 Å². The van der Waals surface area contributed by atoms with Crippen molar-refractivity contribution in [1.29, 1.82) is 0 Å². The molecular weight excluding hydrogens is 208 g/mol. The van der Waals surface area contributed by atoms with E-state index in [9.17, 15) is 9.59 Å². The molecule has 2 unspecified atom stereocenters. The van der Waals surface area contributed by atoms with Crippen LogP contribution in [0.4, 0.5) is 0 Å². The van der Waals surface area contributed by atoms with Crippen LogP contribution in [0, 0.1) is 5.92 Å². The molecule has 0 aromatic rings. The molecule has 0 bridgehead atoms. The number of hydrogen-bond acceptors (Lipinski definition) is 3. The van der Waals surface area contributed by atoms with E-state index in [4.69, 9.17) is 10.8 Å². The maximum absolute atomic E-state index is 11.5. The van der Waals surface area contributed by atoms with Gasteiger partial charge in [0.2, 0.25) is 5.91 Å². The predicted octanol–water partition coefficient (Wildman–Crippen LogP) is 0.505. The van der Waals surface area contributed by atoms with Crippen LogP contribution < -0.4 is 11.1 Å². The molecule has 5 nitrogen and oxygen atoms in total. The van der Waals surface area contributed by atoms with E-state index in [0.717, 1.165) is 0 Å². The van der Waals surface area contributed by atoms with Gasteiger partial charge in [0.15, 0.2) is 0 Å². The summed E-state index contributed by atoms with van der Waals surface area (Å²) in [5.74, 6) is -1.29. The first-order chi connectivity index (χ1) is 7.38. The summed E-state index contributed by atoms with van der Waals surface area (Å²) in [6, 6.07) is -1.60. The van der Waals surface area contributed by atoms with Gasteiger partial charge in [-0.1, -0.05) is 19.9 Å². The van der Waals surface area contributed by atoms with Crippen molar-refractivity contribution in [3.05, 3.63) is 12.7 Å². The highest BCUT2D eigenvalue weighted by molar-refractivity contribution is 5.86. The lowest BCUT2D eigenvalue weighted by Crippen LogP contribution is -2.48. The van der Waals surface area contributed by atoms with Gasteiger partial charge >= 0.3 is 5.97 Å². The Morgan fingerprint density at radius 2 is 2.06 bits per heavy atom. The lowest BCUT2D eigenvalue weighted by Gasteiger charge is -2.18. The Morgan fingerprint density at radius 3 is 2.44 bits per heavy atom. The van der Waals surface area contributed by atoms with Crippen LogP contribution in [0.5, 0.6) is 0 Å². The fraction of sp³-hybridized carbons (Fsp3) is 0.636. The van der Waals surface area contributed by atoms with E-state index in [-0.39, 0.29) is 5.92 Å². The van der Waals surface area contributed by atoms with Crippen molar-refractivity contribution in [2.24, 2.45) is 11.7 Å². The Balaban J connectivity index is 4.33. The maximum atomic E-state index is 11.5. The predicted molar refractivity (Wildman–Crippen MR) is 61.8 cm³/mol. The quantitative estimate of drug-likeness (QED) is 0.553. The highest BCUT2D eigenvalue weighted by Gasteiger charge is 2.23. The zero-order valence-electron chi connectivity index (χ0n) is 9.77. The Bertz CT molecular complexity index is 264. The van der Waals surface area contributed by atoms with Gasteiger partial charge < -0.3 is 16.2 Å². The van der Waals surface area contributed by atoms with Gasteiger partial charge in [-0.3, -0.25) is 4.79 Å². The van der Waals surface area contributed by atoms with Gasteiger partial charge in [-0.25, -0.2) is 4.79 Å². The molecule has 92 valence electrons. The van der Waals surface area contributed by atoms with E-state index in [0.29, 0.717) is 12.8 Å². The van der Waals surface area contributed by atoms with Gasteiger partial charge in [-0.2, -0.15) is 0 Å². The molecule has 0 spiro atoms. The summed E-state index contributed by atoms with van der Waals surface area (Å²) in [6.45, 7) is 7.26. The number of nitrogens with one attached hydrogen (secondary N) is 1. The Morgan fingerprint density at radius 1 is 1.50 bits per heavy atom. The number of hydrogen-bond donors (Lipinski definition) is 3. The van der Waals surface area contributed by atoms with E-state index < -0.39 is 24.0 Å². The van der Waals surface area contributed by atoms with Crippen LogP contribution in [0.15, 0.2) is 12.7 Å². The molecular formula is C11H20N2O3. The molecule has 0 aliphatic rings. The number of carboxylic acids is 1. The average molecular weight is 228 g/mol. The first-order valence-electron chi connectivity index (χ1n) is 5.28. The lowest BCUT2D eigenvalue weighted by atomic mass is 10.0. The molecule has 2 atom stereocenters. The van der Waals surface area contributed by atoms with Crippen molar-refractivity contribution in [3.8, 4) is 0 Å². The van der Waals surface area contributed by atoms with E-state index in [1.807, 2.05) is 13.8 Å². The number of carboxylic acid groups (broad SMARTS) is 1. The SMILES string of the molecule is C=CCC(N)C(=O)NC(CC(C)C)C(=O)O. The smallest absolute Gasteiger partial charge is 0.326 e. The molecule has 0 heterocycles. The molecule has 0 aliphatic heterocycles. The molecule has 0 saturated heterocycles. The molecule has 5 heteroatoms. The summed E-state index contributed by atoms with van der Waals surface area (Å²) >= 11 is 0. The third-order valence-electron chi connectivity index (χ3n) is 2.08. The summed E-state index contributed by atoms with van der Waals surface area (Å²) < 4.78 is 0. The topological polar surface area (TPSA) is 92.4 Å². The minimum absolute atomic E-state index is 0.192. The second kappa shape index (κ2) is 7.00. The monoisotopic (exact) mass is 228 g/mol. The van der Waals surface area contributed by atoms with Crippen LogP contribution in [-0.4, -0.2) is 29.1 Å². The molecule has 0 saturated carbocycles. The molecule has 0 aromatic carbocycles. The number of nitrogens with two attached hydrogens (primary N) is 1. The molecule has 0 radical (unpaired) electrons. The first-order valence-corrected chi connectivity index (χ1v) is 5.28. The normalized spacial score (nSPS) is 14.2. The molecule has 0 fully saturated rings. The number of rotatable bonds is 7. The number of amides is 1. The highest BCUT2D eigenvalue weighted by atomic mass is 16.4. The van der Waals surface area contributed by atoms with E-state index in [1.54, 1.807) is 0 Å². The Hall–Kier alpha value is -1.36.